The van der Waals surface area contributed by atoms with Gasteiger partial charge in [0.05, 0.1) is 13.2 Å². The van der Waals surface area contributed by atoms with Crippen LogP contribution in [0, 0.1) is 6.92 Å². The molecule has 0 saturated carbocycles. The SMILES string of the molecule is CCONCc1ncc(C)s1. The molecule has 1 N–H and O–H groups in total. The molecule has 0 unspecified atom stereocenters. The van der Waals surface area contributed by atoms with E-state index in [9.17, 15) is 0 Å². The zero-order chi connectivity index (χ0) is 8.10. The van der Waals surface area contributed by atoms with Gasteiger partial charge in [-0.05, 0) is 13.8 Å². The van der Waals surface area contributed by atoms with Gasteiger partial charge >= 0.3 is 0 Å². The maximum absolute atomic E-state index is 4.96. The fourth-order valence-corrected chi connectivity index (χ4v) is 1.41. The molecule has 0 aromatic carbocycles. The lowest BCUT2D eigenvalue weighted by Gasteiger charge is -1.98. The third kappa shape index (κ3) is 2.96. The van der Waals surface area contributed by atoms with Crippen LogP contribution >= 0.6 is 11.3 Å². The number of nitrogens with zero attached hydrogens (tertiary/aromatic N) is 1. The van der Waals surface area contributed by atoms with E-state index in [0.29, 0.717) is 13.2 Å². The first-order valence-electron chi connectivity index (χ1n) is 3.59. The van der Waals surface area contributed by atoms with E-state index in [0.717, 1.165) is 5.01 Å². The summed E-state index contributed by atoms with van der Waals surface area (Å²) >= 11 is 1.68. The van der Waals surface area contributed by atoms with Crippen molar-refractivity contribution in [1.82, 2.24) is 10.5 Å². The number of aromatic nitrogens is 1. The maximum Gasteiger partial charge on any atom is 0.109 e. The first-order chi connectivity index (χ1) is 5.33. The summed E-state index contributed by atoms with van der Waals surface area (Å²) in [6.07, 6.45) is 1.87. The van der Waals surface area contributed by atoms with Gasteiger partial charge in [-0.1, -0.05) is 0 Å². The van der Waals surface area contributed by atoms with Crippen molar-refractivity contribution in [2.75, 3.05) is 6.61 Å². The van der Waals surface area contributed by atoms with Crippen molar-refractivity contribution in [1.29, 1.82) is 0 Å². The zero-order valence-electron chi connectivity index (χ0n) is 6.76. The van der Waals surface area contributed by atoms with E-state index in [-0.39, 0.29) is 0 Å². The Morgan fingerprint density at radius 2 is 2.55 bits per heavy atom. The molecule has 0 aliphatic rings. The monoisotopic (exact) mass is 172 g/mol. The van der Waals surface area contributed by atoms with E-state index in [1.54, 1.807) is 11.3 Å². The van der Waals surface area contributed by atoms with Gasteiger partial charge in [-0.15, -0.1) is 11.3 Å². The third-order valence-electron chi connectivity index (χ3n) is 1.14. The Morgan fingerprint density at radius 1 is 1.73 bits per heavy atom. The molecule has 62 valence electrons. The van der Waals surface area contributed by atoms with Gasteiger partial charge in [0.15, 0.2) is 0 Å². The number of aryl methyl sites for hydroxylation is 1. The van der Waals surface area contributed by atoms with Crippen LogP contribution < -0.4 is 5.48 Å². The van der Waals surface area contributed by atoms with Crippen LogP contribution in [0.15, 0.2) is 6.20 Å². The van der Waals surface area contributed by atoms with E-state index < -0.39 is 0 Å². The highest BCUT2D eigenvalue weighted by molar-refractivity contribution is 7.11. The number of hydrogen-bond donors (Lipinski definition) is 1. The summed E-state index contributed by atoms with van der Waals surface area (Å²) in [5, 5.41) is 1.07. The molecule has 0 saturated heterocycles. The predicted octanol–water partition coefficient (Wildman–Crippen LogP) is 1.49. The summed E-state index contributed by atoms with van der Waals surface area (Å²) in [5.41, 5.74) is 2.81. The maximum atomic E-state index is 4.96. The molecule has 0 amide bonds. The minimum absolute atomic E-state index is 0.685. The molecular weight excluding hydrogens is 160 g/mol. The molecule has 4 heteroatoms. The molecule has 3 nitrogen and oxygen atoms in total. The third-order valence-corrected chi connectivity index (χ3v) is 2.05. The summed E-state index contributed by atoms with van der Waals surface area (Å²) in [5.74, 6) is 0. The Labute approximate surface area is 70.4 Å². The Kier molecular flexibility index (Phi) is 3.48. The van der Waals surface area contributed by atoms with E-state index in [1.807, 2.05) is 20.0 Å². The molecule has 1 rings (SSSR count). The van der Waals surface area contributed by atoms with Crippen LogP contribution in [-0.2, 0) is 11.4 Å². The molecule has 1 aromatic heterocycles. The highest BCUT2D eigenvalue weighted by Gasteiger charge is 1.96. The van der Waals surface area contributed by atoms with Gasteiger partial charge in [0.2, 0.25) is 0 Å². The molecule has 0 atom stereocenters. The molecule has 0 aliphatic heterocycles. The van der Waals surface area contributed by atoms with Gasteiger partial charge in [-0.2, -0.15) is 5.48 Å². The standard InChI is InChI=1S/C7H12N2OS/c1-3-10-9-5-7-8-4-6(2)11-7/h4,9H,3,5H2,1-2H3. The lowest BCUT2D eigenvalue weighted by atomic mass is 10.6. The van der Waals surface area contributed by atoms with Crippen molar-refractivity contribution in [2.45, 2.75) is 20.4 Å². The molecule has 0 aliphatic carbocycles. The fraction of sp³-hybridized carbons (Fsp3) is 0.571. The number of hydrogen-bond acceptors (Lipinski definition) is 4. The van der Waals surface area contributed by atoms with Crippen LogP contribution in [0.2, 0.25) is 0 Å². The van der Waals surface area contributed by atoms with Crippen LogP contribution in [0.3, 0.4) is 0 Å². The second-order valence-electron chi connectivity index (χ2n) is 2.12. The van der Waals surface area contributed by atoms with E-state index in [4.69, 9.17) is 4.84 Å². The van der Waals surface area contributed by atoms with Crippen molar-refractivity contribution >= 4 is 11.3 Å². The quantitative estimate of drug-likeness (QED) is 0.552. The predicted molar refractivity (Wildman–Crippen MR) is 45.3 cm³/mol. The molecule has 0 fully saturated rings. The second kappa shape index (κ2) is 4.43. The molecule has 0 bridgehead atoms. The topological polar surface area (TPSA) is 34.1 Å². The van der Waals surface area contributed by atoms with Crippen molar-refractivity contribution in [3.63, 3.8) is 0 Å². The zero-order valence-corrected chi connectivity index (χ0v) is 7.57. The van der Waals surface area contributed by atoms with E-state index in [2.05, 4.69) is 10.5 Å². The van der Waals surface area contributed by atoms with Crippen molar-refractivity contribution in [3.05, 3.63) is 16.1 Å². The number of thiazole rings is 1. The lowest BCUT2D eigenvalue weighted by Crippen LogP contribution is -2.13. The highest BCUT2D eigenvalue weighted by Crippen LogP contribution is 2.09. The average molecular weight is 172 g/mol. The average Bonchev–Trinajstić information content (AvgIpc) is 2.37. The second-order valence-corrected chi connectivity index (χ2v) is 3.44. The smallest absolute Gasteiger partial charge is 0.109 e. The van der Waals surface area contributed by atoms with Gasteiger partial charge in [-0.3, -0.25) is 0 Å². The lowest BCUT2D eigenvalue weighted by molar-refractivity contribution is 0.0463. The number of nitrogens with one attached hydrogen (secondary N) is 1. The molecule has 11 heavy (non-hydrogen) atoms. The van der Waals surface area contributed by atoms with Crippen LogP contribution in [-0.4, -0.2) is 11.6 Å². The summed E-state index contributed by atoms with van der Waals surface area (Å²) in [6.45, 7) is 5.37. The summed E-state index contributed by atoms with van der Waals surface area (Å²) in [4.78, 5) is 10.4. The van der Waals surface area contributed by atoms with Gasteiger partial charge < -0.3 is 4.84 Å². The Balaban J connectivity index is 2.27. The van der Waals surface area contributed by atoms with Crippen molar-refractivity contribution in [2.24, 2.45) is 0 Å². The number of hydroxylamine groups is 1. The normalized spacial score (nSPS) is 10.4. The van der Waals surface area contributed by atoms with Crippen LogP contribution in [0.25, 0.3) is 0 Å². The molecular formula is C7H12N2OS. The van der Waals surface area contributed by atoms with Crippen molar-refractivity contribution in [3.8, 4) is 0 Å². The minimum atomic E-state index is 0.685. The Morgan fingerprint density at radius 3 is 3.09 bits per heavy atom. The highest BCUT2D eigenvalue weighted by atomic mass is 32.1. The van der Waals surface area contributed by atoms with Crippen LogP contribution in [0.1, 0.15) is 16.8 Å². The number of rotatable bonds is 4. The summed E-state index contributed by atoms with van der Waals surface area (Å²) in [7, 11) is 0. The van der Waals surface area contributed by atoms with Crippen LogP contribution in [0.4, 0.5) is 0 Å². The van der Waals surface area contributed by atoms with Gasteiger partial charge in [0.25, 0.3) is 0 Å². The van der Waals surface area contributed by atoms with Crippen LogP contribution in [0.5, 0.6) is 0 Å². The van der Waals surface area contributed by atoms with E-state index >= 15 is 0 Å². The minimum Gasteiger partial charge on any atom is -0.302 e. The molecule has 0 spiro atoms. The molecule has 1 aromatic rings. The van der Waals surface area contributed by atoms with Gasteiger partial charge in [0, 0.05) is 11.1 Å². The largest absolute Gasteiger partial charge is 0.302 e. The first-order valence-corrected chi connectivity index (χ1v) is 4.40. The fourth-order valence-electron chi connectivity index (χ4n) is 0.698. The molecule has 0 radical (unpaired) electrons. The molecule has 1 heterocycles. The van der Waals surface area contributed by atoms with Gasteiger partial charge in [0.1, 0.15) is 5.01 Å². The van der Waals surface area contributed by atoms with Gasteiger partial charge in [-0.25, -0.2) is 4.98 Å². The Bertz CT molecular complexity index is 212. The van der Waals surface area contributed by atoms with E-state index in [1.165, 1.54) is 4.88 Å². The first kappa shape index (κ1) is 8.64. The summed E-state index contributed by atoms with van der Waals surface area (Å²) < 4.78 is 0. The van der Waals surface area contributed by atoms with Crippen molar-refractivity contribution < 1.29 is 4.84 Å². The summed E-state index contributed by atoms with van der Waals surface area (Å²) in [6, 6.07) is 0. The Hall–Kier alpha value is -0.450.